The molecule has 1 aliphatic carbocycles. The van der Waals surface area contributed by atoms with E-state index in [1.807, 2.05) is 18.2 Å². The molecule has 0 saturated heterocycles. The summed E-state index contributed by atoms with van der Waals surface area (Å²) in [7, 11) is -4.23. The minimum atomic E-state index is -4.23. The van der Waals surface area contributed by atoms with Gasteiger partial charge in [-0.1, -0.05) is 54.6 Å². The molecule has 0 N–H and O–H groups in total. The Morgan fingerprint density at radius 2 is 1.46 bits per heavy atom. The van der Waals surface area contributed by atoms with E-state index in [-0.39, 0.29) is 11.3 Å². The Hall–Kier alpha value is -3.40. The monoisotopic (exact) mass is 387 g/mol. The molecule has 28 heavy (non-hydrogen) atoms. The number of nitriles is 3. The van der Waals surface area contributed by atoms with Gasteiger partial charge in [-0.2, -0.15) is 15.8 Å². The topological polar surface area (TPSA) is 106 Å². The lowest BCUT2D eigenvalue weighted by atomic mass is 9.73. The molecule has 6 heteroatoms. The maximum Gasteiger partial charge on any atom is 0.198 e. The molecule has 1 fully saturated rings. The maximum absolute atomic E-state index is 13.8. The summed E-state index contributed by atoms with van der Waals surface area (Å²) in [5, 5.41) is 30.1. The van der Waals surface area contributed by atoms with Crippen LogP contribution in [0.2, 0.25) is 0 Å². The van der Waals surface area contributed by atoms with Gasteiger partial charge in [-0.3, -0.25) is 0 Å². The summed E-state index contributed by atoms with van der Waals surface area (Å²) in [6, 6.07) is 22.2. The van der Waals surface area contributed by atoms with Gasteiger partial charge in [0.15, 0.2) is 20.0 Å². The highest BCUT2D eigenvalue weighted by Gasteiger charge is 2.69. The fraction of sp³-hybridized carbons (Fsp3) is 0.227. The molecule has 138 valence electrons. The molecule has 3 atom stereocenters. The van der Waals surface area contributed by atoms with Crippen molar-refractivity contribution < 1.29 is 8.42 Å². The molecule has 0 spiro atoms. The minimum absolute atomic E-state index is 0.0176. The van der Waals surface area contributed by atoms with Gasteiger partial charge in [0.1, 0.15) is 0 Å². The standard InChI is InChI=1S/C22H17N3O2S/c1-2-18-13-21(14-23,15-24)20(17-9-5-3-6-10-17)22(18,16-25)28(26,27)19-11-7-4-8-12-19/h2-12,18,20H,1,13H2/t18-,20+,22+/m0/s1. The summed E-state index contributed by atoms with van der Waals surface area (Å²) in [6.45, 7) is 3.72. The van der Waals surface area contributed by atoms with E-state index >= 15 is 0 Å². The molecule has 3 rings (SSSR count). The van der Waals surface area contributed by atoms with Crippen LogP contribution in [0, 0.1) is 45.3 Å². The van der Waals surface area contributed by atoms with Gasteiger partial charge in [-0.05, 0) is 24.1 Å². The molecule has 0 aliphatic heterocycles. The van der Waals surface area contributed by atoms with Gasteiger partial charge in [0.25, 0.3) is 0 Å². The van der Waals surface area contributed by atoms with Crippen LogP contribution in [-0.2, 0) is 9.84 Å². The van der Waals surface area contributed by atoms with Crippen molar-refractivity contribution in [3.8, 4) is 18.2 Å². The lowest BCUT2D eigenvalue weighted by molar-refractivity contribution is 0.445. The van der Waals surface area contributed by atoms with Gasteiger partial charge < -0.3 is 0 Å². The molecule has 2 aromatic carbocycles. The Bertz CT molecular complexity index is 1110. The van der Waals surface area contributed by atoms with Gasteiger partial charge >= 0.3 is 0 Å². The second kappa shape index (κ2) is 6.97. The minimum Gasteiger partial charge on any atom is -0.222 e. The average Bonchev–Trinajstić information content (AvgIpc) is 3.06. The van der Waals surface area contributed by atoms with Crippen molar-refractivity contribution in [1.82, 2.24) is 0 Å². The first-order valence-corrected chi connectivity index (χ1v) is 10.1. The molecule has 0 unspecified atom stereocenters. The number of nitrogens with zero attached hydrogens (tertiary/aromatic N) is 3. The van der Waals surface area contributed by atoms with Crippen LogP contribution in [0.25, 0.3) is 0 Å². The SMILES string of the molecule is C=C[C@H]1CC(C#N)(C#N)[C@@H](c2ccccc2)[C@]1(C#N)S(=O)(=O)c1ccccc1. The van der Waals surface area contributed by atoms with Crippen LogP contribution >= 0.6 is 0 Å². The molecular formula is C22H17N3O2S. The van der Waals surface area contributed by atoms with Crippen molar-refractivity contribution in [3.05, 3.63) is 78.9 Å². The third-order valence-electron chi connectivity index (χ3n) is 5.50. The highest BCUT2D eigenvalue weighted by Crippen LogP contribution is 2.61. The van der Waals surface area contributed by atoms with Crippen LogP contribution in [0.1, 0.15) is 17.9 Å². The Balaban J connectivity index is 2.43. The summed E-state index contributed by atoms with van der Waals surface area (Å²) in [5.74, 6) is -2.03. The van der Waals surface area contributed by atoms with E-state index in [9.17, 15) is 24.2 Å². The number of rotatable bonds is 4. The van der Waals surface area contributed by atoms with E-state index in [4.69, 9.17) is 0 Å². The first kappa shape index (κ1) is 19.4. The van der Waals surface area contributed by atoms with Crippen molar-refractivity contribution in [2.45, 2.75) is 22.0 Å². The molecular weight excluding hydrogens is 370 g/mol. The number of sulfone groups is 1. The summed E-state index contributed by atoms with van der Waals surface area (Å²) in [6.07, 6.45) is 1.30. The number of benzene rings is 2. The van der Waals surface area contributed by atoms with E-state index in [0.29, 0.717) is 5.56 Å². The van der Waals surface area contributed by atoms with Crippen LogP contribution in [0.4, 0.5) is 0 Å². The fourth-order valence-corrected chi connectivity index (χ4v) is 6.49. The van der Waals surface area contributed by atoms with Crippen molar-refractivity contribution in [1.29, 1.82) is 15.8 Å². The molecule has 1 saturated carbocycles. The number of hydrogen-bond acceptors (Lipinski definition) is 5. The third-order valence-corrected chi connectivity index (χ3v) is 7.92. The van der Waals surface area contributed by atoms with Crippen LogP contribution in [-0.4, -0.2) is 13.2 Å². The van der Waals surface area contributed by atoms with Gasteiger partial charge in [-0.15, -0.1) is 6.58 Å². The van der Waals surface area contributed by atoms with Gasteiger partial charge in [0.2, 0.25) is 0 Å². The zero-order chi connectivity index (χ0) is 20.4. The Morgan fingerprint density at radius 1 is 0.929 bits per heavy atom. The molecule has 5 nitrogen and oxygen atoms in total. The summed E-state index contributed by atoms with van der Waals surface area (Å²) in [4.78, 5) is -0.0176. The van der Waals surface area contributed by atoms with E-state index in [0.717, 1.165) is 0 Å². The second-order valence-electron chi connectivity index (χ2n) is 6.81. The van der Waals surface area contributed by atoms with Crippen LogP contribution < -0.4 is 0 Å². The summed E-state index contributed by atoms with van der Waals surface area (Å²) >= 11 is 0. The van der Waals surface area contributed by atoms with Gasteiger partial charge in [0.05, 0.1) is 23.1 Å². The van der Waals surface area contributed by atoms with E-state index in [1.54, 1.807) is 48.5 Å². The normalized spacial score (nSPS) is 25.8. The summed E-state index contributed by atoms with van der Waals surface area (Å²) in [5.41, 5.74) is -1.20. The quantitative estimate of drug-likeness (QED) is 0.743. The fourth-order valence-electron chi connectivity index (χ4n) is 4.23. The van der Waals surface area contributed by atoms with Gasteiger partial charge in [-0.25, -0.2) is 8.42 Å². The van der Waals surface area contributed by atoms with E-state index in [2.05, 4.69) is 6.58 Å². The molecule has 0 amide bonds. The number of hydrogen-bond donors (Lipinski definition) is 0. The van der Waals surface area contributed by atoms with Crippen molar-refractivity contribution >= 4 is 9.84 Å². The van der Waals surface area contributed by atoms with Crippen molar-refractivity contribution in [2.75, 3.05) is 0 Å². The summed E-state index contributed by atoms with van der Waals surface area (Å²) < 4.78 is 25.5. The van der Waals surface area contributed by atoms with E-state index in [1.165, 1.54) is 18.2 Å². The third kappa shape index (κ3) is 2.45. The van der Waals surface area contributed by atoms with Crippen LogP contribution in [0.3, 0.4) is 0 Å². The molecule has 0 heterocycles. The highest BCUT2D eigenvalue weighted by atomic mass is 32.2. The molecule has 0 bridgehead atoms. The molecule has 2 aromatic rings. The zero-order valence-corrected chi connectivity index (χ0v) is 15.8. The lowest BCUT2D eigenvalue weighted by Crippen LogP contribution is -2.46. The largest absolute Gasteiger partial charge is 0.222 e. The highest BCUT2D eigenvalue weighted by molar-refractivity contribution is 7.93. The predicted octanol–water partition coefficient (Wildman–Crippen LogP) is 3.75. The van der Waals surface area contributed by atoms with Crippen molar-refractivity contribution in [3.63, 3.8) is 0 Å². The molecule has 0 aromatic heterocycles. The van der Waals surface area contributed by atoms with Crippen LogP contribution in [0.5, 0.6) is 0 Å². The Kier molecular flexibility index (Phi) is 4.82. The maximum atomic E-state index is 13.8. The average molecular weight is 387 g/mol. The zero-order valence-electron chi connectivity index (χ0n) is 15.0. The first-order chi connectivity index (χ1) is 13.4. The first-order valence-electron chi connectivity index (χ1n) is 8.64. The number of allylic oxidation sites excluding steroid dienone is 1. The van der Waals surface area contributed by atoms with Crippen molar-refractivity contribution in [2.24, 2.45) is 11.3 Å². The lowest BCUT2D eigenvalue weighted by Gasteiger charge is -2.34. The smallest absolute Gasteiger partial charge is 0.198 e. The van der Waals surface area contributed by atoms with Gasteiger partial charge in [0, 0.05) is 11.8 Å². The van der Waals surface area contributed by atoms with E-state index < -0.39 is 31.8 Å². The Morgan fingerprint density at radius 3 is 1.93 bits per heavy atom. The molecule has 0 radical (unpaired) electrons. The predicted molar refractivity (Wildman–Crippen MR) is 103 cm³/mol. The Labute approximate surface area is 164 Å². The molecule has 1 aliphatic rings. The second-order valence-corrected chi connectivity index (χ2v) is 8.96. The van der Waals surface area contributed by atoms with Crippen LogP contribution in [0.15, 0.2) is 78.2 Å².